The Morgan fingerprint density at radius 1 is 1.26 bits per heavy atom. The second kappa shape index (κ2) is 8.79. The molecule has 0 bridgehead atoms. The Hall–Kier alpha value is -2.71. The molecule has 0 aliphatic heterocycles. The summed E-state index contributed by atoms with van der Waals surface area (Å²) in [6.45, 7) is 0.685. The van der Waals surface area contributed by atoms with Crippen molar-refractivity contribution in [2.75, 3.05) is 24.8 Å². The molecule has 0 radical (unpaired) electrons. The first-order valence-electron chi connectivity index (χ1n) is 8.25. The number of carbonyl (C=O) groups is 1. The Morgan fingerprint density at radius 2 is 2.07 bits per heavy atom. The van der Waals surface area contributed by atoms with Crippen molar-refractivity contribution in [1.82, 2.24) is 9.55 Å². The van der Waals surface area contributed by atoms with E-state index < -0.39 is 5.82 Å². The molecule has 2 aromatic carbocycles. The molecule has 0 saturated carbocycles. The van der Waals surface area contributed by atoms with Crippen molar-refractivity contribution >= 4 is 34.3 Å². The van der Waals surface area contributed by atoms with Gasteiger partial charge in [0.25, 0.3) is 5.56 Å². The number of amides is 1. The first-order valence-corrected chi connectivity index (χ1v) is 9.24. The van der Waals surface area contributed by atoms with Crippen LogP contribution in [0.2, 0.25) is 0 Å². The molecule has 8 heteroatoms. The standard InChI is InChI=1S/C19H18FN3O3S/c1-26-10-9-23-18(25)15-7-2-3-8-16(15)22-19(23)27-12-17(24)21-14-6-4-5-13(20)11-14/h2-8,11H,9-10,12H2,1H3,(H,21,24). The van der Waals surface area contributed by atoms with Gasteiger partial charge in [0.05, 0.1) is 29.8 Å². The predicted octanol–water partition coefficient (Wildman–Crippen LogP) is 2.91. The summed E-state index contributed by atoms with van der Waals surface area (Å²) in [5.41, 5.74) is 0.777. The van der Waals surface area contributed by atoms with Crippen LogP contribution in [-0.2, 0) is 16.1 Å². The molecule has 3 aromatic rings. The van der Waals surface area contributed by atoms with Gasteiger partial charge in [-0.05, 0) is 30.3 Å². The highest BCUT2D eigenvalue weighted by molar-refractivity contribution is 7.99. The molecular weight excluding hydrogens is 369 g/mol. The van der Waals surface area contributed by atoms with Gasteiger partial charge >= 0.3 is 0 Å². The molecule has 1 amide bonds. The fourth-order valence-corrected chi connectivity index (χ4v) is 3.36. The van der Waals surface area contributed by atoms with E-state index in [0.29, 0.717) is 34.9 Å². The summed E-state index contributed by atoms with van der Waals surface area (Å²) in [6, 6.07) is 12.7. The Balaban J connectivity index is 1.80. The maximum absolute atomic E-state index is 13.2. The monoisotopic (exact) mass is 387 g/mol. The van der Waals surface area contributed by atoms with Gasteiger partial charge in [0, 0.05) is 12.8 Å². The van der Waals surface area contributed by atoms with E-state index in [4.69, 9.17) is 4.74 Å². The van der Waals surface area contributed by atoms with Crippen LogP contribution in [0.15, 0.2) is 58.5 Å². The lowest BCUT2D eigenvalue weighted by Gasteiger charge is -2.12. The normalized spacial score (nSPS) is 10.9. The predicted molar refractivity (Wildman–Crippen MR) is 104 cm³/mol. The summed E-state index contributed by atoms with van der Waals surface area (Å²) >= 11 is 1.15. The Bertz CT molecular complexity index is 1020. The zero-order chi connectivity index (χ0) is 19.2. The first-order chi connectivity index (χ1) is 13.1. The van der Waals surface area contributed by atoms with Crippen molar-refractivity contribution in [2.24, 2.45) is 0 Å². The van der Waals surface area contributed by atoms with Gasteiger partial charge in [-0.2, -0.15) is 0 Å². The number of nitrogens with one attached hydrogen (secondary N) is 1. The molecule has 0 spiro atoms. The minimum atomic E-state index is -0.426. The average molecular weight is 387 g/mol. The zero-order valence-corrected chi connectivity index (χ0v) is 15.5. The maximum Gasteiger partial charge on any atom is 0.262 e. The minimum absolute atomic E-state index is 0.0360. The first kappa shape index (κ1) is 19.1. The average Bonchev–Trinajstić information content (AvgIpc) is 2.66. The molecule has 0 aliphatic carbocycles. The number of ether oxygens (including phenoxy) is 1. The van der Waals surface area contributed by atoms with Crippen LogP contribution in [0.4, 0.5) is 10.1 Å². The lowest BCUT2D eigenvalue weighted by Crippen LogP contribution is -2.26. The molecule has 0 aliphatic rings. The third kappa shape index (κ3) is 4.72. The van der Waals surface area contributed by atoms with Crippen molar-refractivity contribution in [3.63, 3.8) is 0 Å². The molecule has 0 fully saturated rings. The van der Waals surface area contributed by atoms with Gasteiger partial charge in [0.2, 0.25) is 5.91 Å². The lowest BCUT2D eigenvalue weighted by atomic mass is 10.2. The highest BCUT2D eigenvalue weighted by Crippen LogP contribution is 2.18. The number of hydrogen-bond donors (Lipinski definition) is 1. The summed E-state index contributed by atoms with van der Waals surface area (Å²) in [6.07, 6.45) is 0. The second-order valence-corrected chi connectivity index (χ2v) is 6.65. The van der Waals surface area contributed by atoms with Crippen LogP contribution in [0, 0.1) is 5.82 Å². The largest absolute Gasteiger partial charge is 0.383 e. The Morgan fingerprint density at radius 3 is 2.85 bits per heavy atom. The van der Waals surface area contributed by atoms with Crippen molar-refractivity contribution in [2.45, 2.75) is 11.7 Å². The van der Waals surface area contributed by atoms with Crippen LogP contribution in [0.5, 0.6) is 0 Å². The van der Waals surface area contributed by atoms with Gasteiger partial charge in [-0.25, -0.2) is 9.37 Å². The van der Waals surface area contributed by atoms with E-state index in [1.807, 2.05) is 0 Å². The number of benzene rings is 2. The topological polar surface area (TPSA) is 73.2 Å². The van der Waals surface area contributed by atoms with Gasteiger partial charge in [-0.3, -0.25) is 14.2 Å². The zero-order valence-electron chi connectivity index (χ0n) is 14.6. The third-order valence-electron chi connectivity index (χ3n) is 3.79. The molecule has 0 saturated heterocycles. The van der Waals surface area contributed by atoms with Crippen molar-refractivity contribution in [1.29, 1.82) is 0 Å². The summed E-state index contributed by atoms with van der Waals surface area (Å²) < 4.78 is 19.8. The van der Waals surface area contributed by atoms with Gasteiger partial charge < -0.3 is 10.1 Å². The van der Waals surface area contributed by atoms with Crippen molar-refractivity contribution in [3.05, 3.63) is 64.7 Å². The molecule has 1 aromatic heterocycles. The quantitative estimate of drug-likeness (QED) is 0.498. The molecule has 140 valence electrons. The fraction of sp³-hybridized carbons (Fsp3) is 0.211. The molecule has 1 N–H and O–H groups in total. The fourth-order valence-electron chi connectivity index (χ4n) is 2.53. The SMILES string of the molecule is COCCn1c(SCC(=O)Nc2cccc(F)c2)nc2ccccc2c1=O. The van der Waals surface area contributed by atoms with Crippen LogP contribution >= 0.6 is 11.8 Å². The Kier molecular flexibility index (Phi) is 6.20. The van der Waals surface area contributed by atoms with E-state index >= 15 is 0 Å². The number of nitrogens with zero attached hydrogens (tertiary/aromatic N) is 2. The van der Waals surface area contributed by atoms with Gasteiger partial charge in [0.1, 0.15) is 5.82 Å². The van der Waals surface area contributed by atoms with Crippen LogP contribution in [0.25, 0.3) is 10.9 Å². The molecule has 3 rings (SSSR count). The highest BCUT2D eigenvalue weighted by atomic mass is 32.2. The number of carbonyl (C=O) groups excluding carboxylic acids is 1. The number of thioether (sulfide) groups is 1. The summed E-state index contributed by atoms with van der Waals surface area (Å²) in [5.74, 6) is -0.704. The van der Waals surface area contributed by atoms with Gasteiger partial charge in [-0.15, -0.1) is 0 Å². The van der Waals surface area contributed by atoms with E-state index in [2.05, 4.69) is 10.3 Å². The number of halogens is 1. The number of para-hydroxylation sites is 1. The number of aromatic nitrogens is 2. The number of fused-ring (bicyclic) bond motifs is 1. The molecule has 27 heavy (non-hydrogen) atoms. The molecular formula is C19H18FN3O3S. The summed E-state index contributed by atoms with van der Waals surface area (Å²) in [5, 5.41) is 3.58. The maximum atomic E-state index is 13.2. The Labute approximate surface area is 159 Å². The van der Waals surface area contributed by atoms with Crippen LogP contribution in [0.3, 0.4) is 0 Å². The molecule has 6 nitrogen and oxygen atoms in total. The number of anilines is 1. The molecule has 1 heterocycles. The number of methoxy groups -OCH3 is 1. The second-order valence-electron chi connectivity index (χ2n) is 5.71. The van der Waals surface area contributed by atoms with E-state index in [0.717, 1.165) is 11.8 Å². The number of rotatable bonds is 7. The smallest absolute Gasteiger partial charge is 0.262 e. The van der Waals surface area contributed by atoms with E-state index in [1.54, 1.807) is 37.4 Å². The van der Waals surface area contributed by atoms with Gasteiger partial charge in [0.15, 0.2) is 5.16 Å². The third-order valence-corrected chi connectivity index (χ3v) is 4.76. The van der Waals surface area contributed by atoms with Crippen molar-refractivity contribution < 1.29 is 13.9 Å². The summed E-state index contributed by atoms with van der Waals surface area (Å²) in [4.78, 5) is 29.4. The van der Waals surface area contributed by atoms with E-state index in [9.17, 15) is 14.0 Å². The van der Waals surface area contributed by atoms with Crippen LogP contribution in [0.1, 0.15) is 0 Å². The molecule has 0 atom stereocenters. The molecule has 0 unspecified atom stereocenters. The van der Waals surface area contributed by atoms with Crippen molar-refractivity contribution in [3.8, 4) is 0 Å². The van der Waals surface area contributed by atoms with Gasteiger partial charge in [-0.1, -0.05) is 30.0 Å². The van der Waals surface area contributed by atoms with E-state index in [-0.39, 0.29) is 17.2 Å². The number of hydrogen-bond acceptors (Lipinski definition) is 5. The minimum Gasteiger partial charge on any atom is -0.383 e. The van der Waals surface area contributed by atoms with Crippen LogP contribution < -0.4 is 10.9 Å². The van der Waals surface area contributed by atoms with E-state index in [1.165, 1.54) is 22.8 Å². The highest BCUT2D eigenvalue weighted by Gasteiger charge is 2.13. The summed E-state index contributed by atoms with van der Waals surface area (Å²) in [7, 11) is 1.55. The lowest BCUT2D eigenvalue weighted by molar-refractivity contribution is -0.113. The van der Waals surface area contributed by atoms with Crippen LogP contribution in [-0.4, -0.2) is 34.9 Å².